The Morgan fingerprint density at radius 2 is 1.70 bits per heavy atom. The van der Waals surface area contributed by atoms with Crippen LogP contribution in [0.3, 0.4) is 0 Å². The minimum absolute atomic E-state index is 0.144. The number of hydrogen-bond donors (Lipinski definition) is 3. The van der Waals surface area contributed by atoms with Gasteiger partial charge in [-0.05, 0) is 54.8 Å². The van der Waals surface area contributed by atoms with E-state index in [1.54, 1.807) is 56.7 Å². The third-order valence-corrected chi connectivity index (χ3v) is 5.18. The molecule has 1 unspecified atom stereocenters. The quantitative estimate of drug-likeness (QED) is 0.472. The first-order valence-corrected chi connectivity index (χ1v) is 10.8. The van der Waals surface area contributed by atoms with Crippen LogP contribution in [0.4, 0.5) is 5.69 Å². The number of carbonyl (C=O) groups is 3. The molecule has 0 saturated carbocycles. The fraction of sp³-hybridized carbons (Fsp3) is 0.375. The summed E-state index contributed by atoms with van der Waals surface area (Å²) in [4.78, 5) is 36.5. The molecule has 0 radical (unpaired) electrons. The second-order valence-electron chi connectivity index (χ2n) is 7.54. The number of anilines is 1. The van der Waals surface area contributed by atoms with Crippen LogP contribution in [0, 0.1) is 0 Å². The maximum atomic E-state index is 12.4. The summed E-state index contributed by atoms with van der Waals surface area (Å²) >= 11 is 0. The summed E-state index contributed by atoms with van der Waals surface area (Å²) in [5.74, 6) is 0.561. The zero-order valence-corrected chi connectivity index (χ0v) is 18.8. The molecule has 3 rings (SSSR count). The van der Waals surface area contributed by atoms with Gasteiger partial charge in [0.25, 0.3) is 5.91 Å². The molecule has 176 valence electrons. The van der Waals surface area contributed by atoms with Crippen molar-refractivity contribution >= 4 is 23.4 Å². The molecule has 9 nitrogen and oxygen atoms in total. The molecule has 9 heteroatoms. The molecule has 1 aliphatic rings. The Kier molecular flexibility index (Phi) is 8.65. The van der Waals surface area contributed by atoms with Crippen molar-refractivity contribution in [3.8, 4) is 11.5 Å². The Morgan fingerprint density at radius 3 is 2.36 bits per heavy atom. The first-order valence-electron chi connectivity index (χ1n) is 10.8. The largest absolute Gasteiger partial charge is 0.493 e. The SMILES string of the molecule is COc1ccc(CC(=O)Nc2ccc(C(=O)NCCNC(=O)C3CCCO3)cc2)cc1OC. The molecule has 0 spiro atoms. The van der Waals surface area contributed by atoms with Crippen molar-refractivity contribution < 1.29 is 28.6 Å². The number of methoxy groups -OCH3 is 2. The smallest absolute Gasteiger partial charge is 0.251 e. The number of hydrogen-bond acceptors (Lipinski definition) is 6. The molecule has 0 aromatic heterocycles. The average Bonchev–Trinajstić information content (AvgIpc) is 3.37. The van der Waals surface area contributed by atoms with Crippen molar-refractivity contribution in [2.45, 2.75) is 25.4 Å². The van der Waals surface area contributed by atoms with Crippen molar-refractivity contribution in [1.82, 2.24) is 10.6 Å². The Labute approximate surface area is 192 Å². The van der Waals surface area contributed by atoms with Crippen molar-refractivity contribution in [2.24, 2.45) is 0 Å². The number of rotatable bonds is 10. The zero-order chi connectivity index (χ0) is 23.6. The summed E-state index contributed by atoms with van der Waals surface area (Å²) in [5.41, 5.74) is 1.83. The van der Waals surface area contributed by atoms with E-state index in [1.807, 2.05) is 0 Å². The van der Waals surface area contributed by atoms with Gasteiger partial charge in [0, 0.05) is 30.9 Å². The minimum atomic E-state index is -0.379. The second kappa shape index (κ2) is 11.9. The van der Waals surface area contributed by atoms with Gasteiger partial charge in [0.2, 0.25) is 11.8 Å². The molecular weight excluding hydrogens is 426 g/mol. The van der Waals surface area contributed by atoms with Crippen LogP contribution < -0.4 is 25.4 Å². The summed E-state index contributed by atoms with van der Waals surface area (Å²) in [6.07, 6.45) is 1.41. The topological polar surface area (TPSA) is 115 Å². The predicted octanol–water partition coefficient (Wildman–Crippen LogP) is 1.91. The number of ether oxygens (including phenoxy) is 3. The summed E-state index contributed by atoms with van der Waals surface area (Å²) < 4.78 is 15.8. The fourth-order valence-electron chi connectivity index (χ4n) is 3.45. The Balaban J connectivity index is 1.43. The molecule has 1 aliphatic heterocycles. The van der Waals surface area contributed by atoms with Gasteiger partial charge >= 0.3 is 0 Å². The van der Waals surface area contributed by atoms with E-state index in [9.17, 15) is 14.4 Å². The van der Waals surface area contributed by atoms with Crippen molar-refractivity contribution in [2.75, 3.05) is 39.2 Å². The maximum absolute atomic E-state index is 12.4. The van der Waals surface area contributed by atoms with E-state index in [0.29, 0.717) is 42.4 Å². The minimum Gasteiger partial charge on any atom is -0.493 e. The Hall–Kier alpha value is -3.59. The fourth-order valence-corrected chi connectivity index (χ4v) is 3.45. The summed E-state index contributed by atoms with van der Waals surface area (Å²) in [7, 11) is 3.10. The van der Waals surface area contributed by atoms with Crippen LogP contribution in [-0.4, -0.2) is 57.7 Å². The molecule has 2 aromatic rings. The van der Waals surface area contributed by atoms with Crippen molar-refractivity contribution in [1.29, 1.82) is 0 Å². The van der Waals surface area contributed by atoms with Gasteiger partial charge in [-0.3, -0.25) is 14.4 Å². The lowest BCUT2D eigenvalue weighted by Crippen LogP contribution is -2.39. The van der Waals surface area contributed by atoms with E-state index in [-0.39, 0.29) is 30.2 Å². The van der Waals surface area contributed by atoms with Crippen LogP contribution in [-0.2, 0) is 20.7 Å². The number of benzene rings is 2. The van der Waals surface area contributed by atoms with Gasteiger partial charge in [-0.25, -0.2) is 0 Å². The third kappa shape index (κ3) is 6.95. The monoisotopic (exact) mass is 455 g/mol. The molecule has 0 bridgehead atoms. The molecule has 3 amide bonds. The number of nitrogens with one attached hydrogen (secondary N) is 3. The van der Waals surface area contributed by atoms with E-state index < -0.39 is 0 Å². The van der Waals surface area contributed by atoms with E-state index in [2.05, 4.69) is 16.0 Å². The lowest BCUT2D eigenvalue weighted by molar-refractivity contribution is -0.130. The molecule has 2 aromatic carbocycles. The van der Waals surface area contributed by atoms with Crippen LogP contribution >= 0.6 is 0 Å². The summed E-state index contributed by atoms with van der Waals surface area (Å²) in [5, 5.41) is 8.32. The highest BCUT2D eigenvalue weighted by atomic mass is 16.5. The van der Waals surface area contributed by atoms with Gasteiger partial charge in [0.05, 0.1) is 20.6 Å². The standard InChI is InChI=1S/C24H29N3O6/c1-31-19-10-5-16(14-21(19)32-2)15-22(28)27-18-8-6-17(7-9-18)23(29)25-11-12-26-24(30)20-4-3-13-33-20/h5-10,14,20H,3-4,11-13,15H2,1-2H3,(H,25,29)(H,26,30)(H,27,28). The Morgan fingerprint density at radius 1 is 0.970 bits per heavy atom. The second-order valence-corrected chi connectivity index (χ2v) is 7.54. The van der Waals surface area contributed by atoms with Gasteiger partial charge < -0.3 is 30.2 Å². The van der Waals surface area contributed by atoms with E-state index >= 15 is 0 Å². The van der Waals surface area contributed by atoms with Gasteiger partial charge in [-0.1, -0.05) is 6.07 Å². The van der Waals surface area contributed by atoms with Gasteiger partial charge in [0.15, 0.2) is 11.5 Å². The predicted molar refractivity (Wildman–Crippen MR) is 123 cm³/mol. The molecule has 3 N–H and O–H groups in total. The van der Waals surface area contributed by atoms with Gasteiger partial charge in [0.1, 0.15) is 6.10 Å². The van der Waals surface area contributed by atoms with E-state index in [4.69, 9.17) is 14.2 Å². The van der Waals surface area contributed by atoms with Crippen LogP contribution in [0.2, 0.25) is 0 Å². The Bertz CT molecular complexity index is 971. The molecule has 33 heavy (non-hydrogen) atoms. The molecule has 0 aliphatic carbocycles. The van der Waals surface area contributed by atoms with Gasteiger partial charge in [-0.15, -0.1) is 0 Å². The molecule has 1 saturated heterocycles. The molecule has 1 atom stereocenters. The zero-order valence-electron chi connectivity index (χ0n) is 18.8. The molecule has 1 heterocycles. The van der Waals surface area contributed by atoms with Crippen LogP contribution in [0.25, 0.3) is 0 Å². The van der Waals surface area contributed by atoms with Crippen molar-refractivity contribution in [3.63, 3.8) is 0 Å². The lowest BCUT2D eigenvalue weighted by atomic mass is 10.1. The molecular formula is C24H29N3O6. The highest BCUT2D eigenvalue weighted by molar-refractivity contribution is 5.96. The van der Waals surface area contributed by atoms with Crippen LogP contribution in [0.15, 0.2) is 42.5 Å². The van der Waals surface area contributed by atoms with Gasteiger partial charge in [-0.2, -0.15) is 0 Å². The third-order valence-electron chi connectivity index (χ3n) is 5.18. The van der Waals surface area contributed by atoms with Crippen LogP contribution in [0.5, 0.6) is 11.5 Å². The number of amides is 3. The number of carbonyl (C=O) groups excluding carboxylic acids is 3. The molecule has 1 fully saturated rings. The van der Waals surface area contributed by atoms with E-state index in [1.165, 1.54) is 0 Å². The first-order chi connectivity index (χ1) is 16.0. The maximum Gasteiger partial charge on any atom is 0.251 e. The van der Waals surface area contributed by atoms with Crippen LogP contribution in [0.1, 0.15) is 28.8 Å². The van der Waals surface area contributed by atoms with E-state index in [0.717, 1.165) is 18.4 Å². The summed E-state index contributed by atoms with van der Waals surface area (Å²) in [6, 6.07) is 11.9. The van der Waals surface area contributed by atoms with Crippen molar-refractivity contribution in [3.05, 3.63) is 53.6 Å². The lowest BCUT2D eigenvalue weighted by Gasteiger charge is -2.11. The normalized spacial score (nSPS) is 14.9. The first kappa shape index (κ1) is 24.1. The average molecular weight is 456 g/mol. The highest BCUT2D eigenvalue weighted by Gasteiger charge is 2.22. The highest BCUT2D eigenvalue weighted by Crippen LogP contribution is 2.27. The summed E-state index contributed by atoms with van der Waals surface area (Å²) in [6.45, 7) is 1.25.